The standard InChI is InChI=1S/C11H12F3NO4/c12-11(13,14)7-19-5-1-3-15-4-2-8(10(17)18)6-9(15)16/h2,4,6H,1,3,5,7H2,(H,17,18). The van der Waals surface area contributed by atoms with Gasteiger partial charge < -0.3 is 14.4 Å². The van der Waals surface area contributed by atoms with Crippen molar-refractivity contribution >= 4 is 5.97 Å². The predicted octanol–water partition coefficient (Wildman–Crippen LogP) is 1.52. The molecule has 106 valence electrons. The second-order valence-corrected chi connectivity index (χ2v) is 3.77. The molecule has 0 saturated carbocycles. The molecule has 0 amide bonds. The minimum Gasteiger partial charge on any atom is -0.478 e. The highest BCUT2D eigenvalue weighted by Gasteiger charge is 2.27. The first-order valence-corrected chi connectivity index (χ1v) is 5.38. The molecule has 0 atom stereocenters. The molecule has 0 saturated heterocycles. The average Bonchev–Trinajstić information content (AvgIpc) is 2.28. The Labute approximate surface area is 106 Å². The van der Waals surface area contributed by atoms with E-state index in [1.165, 1.54) is 16.8 Å². The van der Waals surface area contributed by atoms with Crippen LogP contribution in [0.4, 0.5) is 13.2 Å². The van der Waals surface area contributed by atoms with Gasteiger partial charge in [-0.1, -0.05) is 0 Å². The maximum atomic E-state index is 11.8. The first-order valence-electron chi connectivity index (χ1n) is 5.38. The third-order valence-corrected chi connectivity index (χ3v) is 2.20. The molecule has 0 aliphatic rings. The molecule has 0 aromatic carbocycles. The van der Waals surface area contributed by atoms with Gasteiger partial charge in [0, 0.05) is 25.4 Å². The number of aromatic carboxylic acids is 1. The van der Waals surface area contributed by atoms with Crippen LogP contribution < -0.4 is 5.56 Å². The lowest BCUT2D eigenvalue weighted by molar-refractivity contribution is -0.174. The zero-order chi connectivity index (χ0) is 14.5. The largest absolute Gasteiger partial charge is 0.478 e. The fraction of sp³-hybridized carbons (Fsp3) is 0.455. The average molecular weight is 279 g/mol. The molecule has 0 aliphatic heterocycles. The maximum absolute atomic E-state index is 11.8. The Kier molecular flexibility index (Phi) is 5.11. The number of ether oxygens (including phenoxy) is 1. The Bertz CT molecular complexity index is 495. The normalized spacial score (nSPS) is 11.5. The summed E-state index contributed by atoms with van der Waals surface area (Å²) in [5, 5.41) is 8.65. The van der Waals surface area contributed by atoms with Crippen LogP contribution in [0.2, 0.25) is 0 Å². The zero-order valence-electron chi connectivity index (χ0n) is 9.81. The van der Waals surface area contributed by atoms with Crippen molar-refractivity contribution in [2.75, 3.05) is 13.2 Å². The number of hydrogen-bond donors (Lipinski definition) is 1. The molecule has 0 aliphatic carbocycles. The summed E-state index contributed by atoms with van der Waals surface area (Å²) in [4.78, 5) is 22.0. The van der Waals surface area contributed by atoms with Crippen molar-refractivity contribution in [1.82, 2.24) is 4.57 Å². The van der Waals surface area contributed by atoms with Crippen molar-refractivity contribution in [3.63, 3.8) is 0 Å². The SMILES string of the molecule is O=C(O)c1ccn(CCCOCC(F)(F)F)c(=O)c1. The molecule has 0 unspecified atom stereocenters. The van der Waals surface area contributed by atoms with Gasteiger partial charge in [0.05, 0.1) is 5.56 Å². The lowest BCUT2D eigenvalue weighted by Crippen LogP contribution is -2.22. The molecule has 1 heterocycles. The monoisotopic (exact) mass is 279 g/mol. The summed E-state index contributed by atoms with van der Waals surface area (Å²) in [5.74, 6) is -1.21. The summed E-state index contributed by atoms with van der Waals surface area (Å²) in [5.41, 5.74) is -0.648. The summed E-state index contributed by atoms with van der Waals surface area (Å²) < 4.78 is 40.9. The molecule has 19 heavy (non-hydrogen) atoms. The van der Waals surface area contributed by atoms with E-state index in [1.807, 2.05) is 0 Å². The number of carbonyl (C=O) groups is 1. The number of rotatable bonds is 6. The number of carboxylic acid groups (broad SMARTS) is 1. The van der Waals surface area contributed by atoms with Gasteiger partial charge >= 0.3 is 12.1 Å². The number of carboxylic acids is 1. The van der Waals surface area contributed by atoms with Gasteiger partial charge in [0.2, 0.25) is 0 Å². The van der Waals surface area contributed by atoms with Gasteiger partial charge in [0.15, 0.2) is 0 Å². The number of aryl methyl sites for hydroxylation is 1. The van der Waals surface area contributed by atoms with E-state index in [0.29, 0.717) is 0 Å². The van der Waals surface area contributed by atoms with Gasteiger partial charge in [-0.15, -0.1) is 0 Å². The lowest BCUT2D eigenvalue weighted by atomic mass is 10.2. The van der Waals surface area contributed by atoms with Crippen LogP contribution in [0.25, 0.3) is 0 Å². The molecular formula is C11H12F3NO4. The molecule has 5 nitrogen and oxygen atoms in total. The first-order chi connectivity index (χ1) is 8.79. The quantitative estimate of drug-likeness (QED) is 0.801. The number of halogens is 3. The van der Waals surface area contributed by atoms with Crippen LogP contribution >= 0.6 is 0 Å². The van der Waals surface area contributed by atoms with E-state index in [0.717, 1.165) is 6.07 Å². The Morgan fingerprint density at radius 1 is 1.42 bits per heavy atom. The number of aromatic nitrogens is 1. The lowest BCUT2D eigenvalue weighted by Gasteiger charge is -2.08. The summed E-state index contributed by atoms with van der Waals surface area (Å²) in [6, 6.07) is 2.21. The van der Waals surface area contributed by atoms with Crippen molar-refractivity contribution in [1.29, 1.82) is 0 Å². The van der Waals surface area contributed by atoms with Crippen LogP contribution in [0.15, 0.2) is 23.1 Å². The Morgan fingerprint density at radius 2 is 2.11 bits per heavy atom. The first kappa shape index (κ1) is 15.2. The van der Waals surface area contributed by atoms with Crippen LogP contribution in [0.3, 0.4) is 0 Å². The van der Waals surface area contributed by atoms with Gasteiger partial charge in [-0.3, -0.25) is 4.79 Å². The maximum Gasteiger partial charge on any atom is 0.411 e. The smallest absolute Gasteiger partial charge is 0.411 e. The van der Waals surface area contributed by atoms with E-state index in [9.17, 15) is 22.8 Å². The highest BCUT2D eigenvalue weighted by atomic mass is 19.4. The van der Waals surface area contributed by atoms with Crippen LogP contribution in [0.5, 0.6) is 0 Å². The van der Waals surface area contributed by atoms with E-state index >= 15 is 0 Å². The van der Waals surface area contributed by atoms with E-state index in [-0.39, 0.29) is 25.1 Å². The number of hydrogen-bond acceptors (Lipinski definition) is 3. The third-order valence-electron chi connectivity index (χ3n) is 2.20. The fourth-order valence-electron chi connectivity index (χ4n) is 1.35. The molecule has 0 radical (unpaired) electrons. The summed E-state index contributed by atoms with van der Waals surface area (Å²) in [7, 11) is 0. The van der Waals surface area contributed by atoms with Crippen molar-refractivity contribution in [3.8, 4) is 0 Å². The van der Waals surface area contributed by atoms with Gasteiger partial charge in [0.1, 0.15) is 6.61 Å². The topological polar surface area (TPSA) is 68.5 Å². The van der Waals surface area contributed by atoms with Gasteiger partial charge in [-0.05, 0) is 12.5 Å². The molecule has 8 heteroatoms. The van der Waals surface area contributed by atoms with Crippen molar-refractivity contribution in [2.24, 2.45) is 0 Å². The van der Waals surface area contributed by atoms with Gasteiger partial charge in [0.25, 0.3) is 5.56 Å². The fourth-order valence-corrected chi connectivity index (χ4v) is 1.35. The van der Waals surface area contributed by atoms with Crippen LogP contribution in [0, 0.1) is 0 Å². The Hall–Kier alpha value is -1.83. The number of pyridine rings is 1. The minimum atomic E-state index is -4.36. The highest BCUT2D eigenvalue weighted by molar-refractivity contribution is 5.87. The van der Waals surface area contributed by atoms with Crippen molar-refractivity contribution in [3.05, 3.63) is 34.2 Å². The molecule has 0 fully saturated rings. The predicted molar refractivity (Wildman–Crippen MR) is 59.2 cm³/mol. The number of nitrogens with zero attached hydrogens (tertiary/aromatic N) is 1. The molecular weight excluding hydrogens is 267 g/mol. The zero-order valence-corrected chi connectivity index (χ0v) is 9.81. The second kappa shape index (κ2) is 6.37. The molecule has 1 rings (SSSR count). The van der Waals surface area contributed by atoms with Crippen LogP contribution in [-0.2, 0) is 11.3 Å². The summed E-state index contributed by atoms with van der Waals surface area (Å²) in [6.45, 7) is -1.29. The van der Waals surface area contributed by atoms with E-state index in [2.05, 4.69) is 4.74 Å². The van der Waals surface area contributed by atoms with Gasteiger partial charge in [-0.25, -0.2) is 4.79 Å². The second-order valence-electron chi connectivity index (χ2n) is 3.77. The Balaban J connectivity index is 2.42. The summed E-state index contributed by atoms with van der Waals surface area (Å²) in [6.07, 6.45) is -2.85. The molecule has 1 aromatic heterocycles. The third kappa shape index (κ3) is 5.56. The molecule has 0 spiro atoms. The van der Waals surface area contributed by atoms with Crippen molar-refractivity contribution in [2.45, 2.75) is 19.1 Å². The van der Waals surface area contributed by atoms with Crippen LogP contribution in [-0.4, -0.2) is 35.0 Å². The highest BCUT2D eigenvalue weighted by Crippen LogP contribution is 2.14. The minimum absolute atomic E-state index is 0.130. The van der Waals surface area contributed by atoms with Gasteiger partial charge in [-0.2, -0.15) is 13.2 Å². The number of alkyl halides is 3. The molecule has 0 bridgehead atoms. The van der Waals surface area contributed by atoms with Crippen LogP contribution in [0.1, 0.15) is 16.8 Å². The van der Waals surface area contributed by atoms with E-state index in [1.54, 1.807) is 0 Å². The molecule has 1 aromatic rings. The van der Waals surface area contributed by atoms with E-state index < -0.39 is 24.3 Å². The van der Waals surface area contributed by atoms with Crippen molar-refractivity contribution < 1.29 is 27.8 Å². The van der Waals surface area contributed by atoms with E-state index in [4.69, 9.17) is 5.11 Å². The molecule has 1 N–H and O–H groups in total. The summed E-state index contributed by atoms with van der Waals surface area (Å²) >= 11 is 0. The Morgan fingerprint density at radius 3 is 2.63 bits per heavy atom.